The quantitative estimate of drug-likeness (QED) is 0.672. The van der Waals surface area contributed by atoms with Crippen molar-refractivity contribution < 1.29 is 17.9 Å². The van der Waals surface area contributed by atoms with Crippen LogP contribution in [0.15, 0.2) is 65.6 Å². The lowest BCUT2D eigenvalue weighted by Crippen LogP contribution is -2.45. The highest BCUT2D eigenvalue weighted by molar-refractivity contribution is 7.89. The predicted octanol–water partition coefficient (Wildman–Crippen LogP) is 2.96. The highest BCUT2D eigenvalue weighted by Crippen LogP contribution is 2.43. The molecule has 6 nitrogen and oxygen atoms in total. The molecule has 164 valence electrons. The number of ether oxygens (including phenoxy) is 1. The van der Waals surface area contributed by atoms with Gasteiger partial charge in [-0.3, -0.25) is 4.79 Å². The fraction of sp³-hybridized carbons (Fsp3) is 0.375. The normalized spacial score (nSPS) is 19.1. The Bertz CT molecular complexity index is 1020. The number of sulfonamides is 1. The van der Waals surface area contributed by atoms with Gasteiger partial charge in [0.1, 0.15) is 0 Å². The van der Waals surface area contributed by atoms with Crippen LogP contribution >= 0.6 is 0 Å². The van der Waals surface area contributed by atoms with E-state index in [4.69, 9.17) is 4.74 Å². The van der Waals surface area contributed by atoms with Crippen LogP contribution in [0.4, 0.5) is 0 Å². The van der Waals surface area contributed by atoms with E-state index >= 15 is 0 Å². The highest BCUT2D eigenvalue weighted by Gasteiger charge is 2.38. The molecule has 1 aliphatic carbocycles. The van der Waals surface area contributed by atoms with Crippen LogP contribution in [0.25, 0.3) is 6.08 Å². The van der Waals surface area contributed by atoms with Crippen molar-refractivity contribution >= 4 is 22.0 Å². The molecular weight excluding hydrogens is 412 g/mol. The summed E-state index contributed by atoms with van der Waals surface area (Å²) in [7, 11) is -3.51. The summed E-state index contributed by atoms with van der Waals surface area (Å²) >= 11 is 0. The number of morpholine rings is 1. The van der Waals surface area contributed by atoms with Crippen molar-refractivity contribution in [3.05, 3.63) is 71.8 Å². The summed E-state index contributed by atoms with van der Waals surface area (Å²) in [6, 6.07) is 17.0. The summed E-state index contributed by atoms with van der Waals surface area (Å²) in [5, 5.41) is 3.03. The number of hydrogen-bond donors (Lipinski definition) is 1. The summed E-state index contributed by atoms with van der Waals surface area (Å²) in [5.74, 6) is -0.146. The van der Waals surface area contributed by atoms with Gasteiger partial charge in [-0.15, -0.1) is 0 Å². The van der Waals surface area contributed by atoms with Crippen LogP contribution in [0.3, 0.4) is 0 Å². The first-order chi connectivity index (χ1) is 15.0. The molecule has 0 radical (unpaired) electrons. The summed E-state index contributed by atoms with van der Waals surface area (Å²) < 4.78 is 32.0. The Kier molecular flexibility index (Phi) is 6.55. The molecule has 0 spiro atoms. The lowest BCUT2D eigenvalue weighted by molar-refractivity contribution is -0.116. The molecule has 4 rings (SSSR count). The number of amides is 1. The third kappa shape index (κ3) is 4.89. The summed E-state index contributed by atoms with van der Waals surface area (Å²) in [6.45, 7) is 2.20. The minimum absolute atomic E-state index is 0.0419. The van der Waals surface area contributed by atoms with Crippen LogP contribution in [0.5, 0.6) is 0 Å². The van der Waals surface area contributed by atoms with Gasteiger partial charge < -0.3 is 10.1 Å². The van der Waals surface area contributed by atoms with Crippen molar-refractivity contribution in [2.45, 2.75) is 29.6 Å². The fourth-order valence-corrected chi connectivity index (χ4v) is 5.54. The minimum atomic E-state index is -3.51. The van der Waals surface area contributed by atoms with Crippen LogP contribution in [0.1, 0.15) is 30.4 Å². The standard InChI is InChI=1S/C24H28N2O4S/c27-23(25-19-24(13-4-14-24)21-5-2-1-3-6-21)12-9-20-7-10-22(11-8-20)31(28,29)26-15-17-30-18-16-26/h1-3,5-12H,4,13-19H2,(H,25,27). The lowest BCUT2D eigenvalue weighted by atomic mass is 9.64. The van der Waals surface area contributed by atoms with E-state index in [2.05, 4.69) is 17.4 Å². The molecule has 0 aromatic heterocycles. The maximum Gasteiger partial charge on any atom is 0.244 e. The van der Waals surface area contributed by atoms with Gasteiger partial charge in [-0.05, 0) is 42.2 Å². The van der Waals surface area contributed by atoms with Gasteiger partial charge in [-0.25, -0.2) is 8.42 Å². The van der Waals surface area contributed by atoms with Crippen LogP contribution in [0, 0.1) is 0 Å². The number of carbonyl (C=O) groups excluding carboxylic acids is 1. The first-order valence-electron chi connectivity index (χ1n) is 10.7. The van der Waals surface area contributed by atoms with Crippen LogP contribution in [-0.2, 0) is 25.0 Å². The second-order valence-corrected chi connectivity index (χ2v) is 10.1. The zero-order valence-electron chi connectivity index (χ0n) is 17.5. The Labute approximate surface area is 184 Å². The number of carbonyl (C=O) groups is 1. The Morgan fingerprint density at radius 2 is 1.71 bits per heavy atom. The van der Waals surface area contributed by atoms with E-state index < -0.39 is 10.0 Å². The van der Waals surface area contributed by atoms with Crippen LogP contribution in [0.2, 0.25) is 0 Å². The van der Waals surface area contributed by atoms with E-state index in [0.717, 1.165) is 18.4 Å². The molecule has 2 fully saturated rings. The lowest BCUT2D eigenvalue weighted by Gasteiger charge is -2.42. The van der Waals surface area contributed by atoms with Crippen molar-refractivity contribution in [3.63, 3.8) is 0 Å². The molecule has 1 N–H and O–H groups in total. The van der Waals surface area contributed by atoms with Gasteiger partial charge >= 0.3 is 0 Å². The Morgan fingerprint density at radius 3 is 2.32 bits per heavy atom. The van der Waals surface area contributed by atoms with E-state index in [9.17, 15) is 13.2 Å². The first-order valence-corrected chi connectivity index (χ1v) is 12.1. The molecule has 1 aliphatic heterocycles. The molecular formula is C24H28N2O4S. The van der Waals surface area contributed by atoms with Gasteiger partial charge in [-0.1, -0.05) is 48.9 Å². The Balaban J connectivity index is 1.35. The van der Waals surface area contributed by atoms with Gasteiger partial charge in [0.2, 0.25) is 15.9 Å². The van der Waals surface area contributed by atoms with Crippen molar-refractivity contribution in [2.24, 2.45) is 0 Å². The molecule has 1 saturated heterocycles. The zero-order valence-corrected chi connectivity index (χ0v) is 18.3. The molecule has 0 unspecified atom stereocenters. The van der Waals surface area contributed by atoms with Gasteiger partial charge in [0.05, 0.1) is 18.1 Å². The number of benzene rings is 2. The van der Waals surface area contributed by atoms with E-state index in [0.29, 0.717) is 32.8 Å². The van der Waals surface area contributed by atoms with Gasteiger partial charge in [0, 0.05) is 31.1 Å². The predicted molar refractivity (Wildman–Crippen MR) is 120 cm³/mol. The minimum Gasteiger partial charge on any atom is -0.379 e. The molecule has 0 atom stereocenters. The molecule has 1 amide bonds. The maximum atomic E-state index is 12.7. The molecule has 0 bridgehead atoms. The van der Waals surface area contributed by atoms with Crippen molar-refractivity contribution in [1.82, 2.24) is 9.62 Å². The largest absolute Gasteiger partial charge is 0.379 e. The van der Waals surface area contributed by atoms with Crippen LogP contribution < -0.4 is 5.32 Å². The van der Waals surface area contributed by atoms with Gasteiger partial charge in [0.25, 0.3) is 0 Å². The topological polar surface area (TPSA) is 75.7 Å². The Hall–Kier alpha value is -2.48. The third-order valence-corrected chi connectivity index (χ3v) is 8.13. The second kappa shape index (κ2) is 9.34. The second-order valence-electron chi connectivity index (χ2n) is 8.14. The Morgan fingerprint density at radius 1 is 1.03 bits per heavy atom. The molecule has 1 saturated carbocycles. The third-order valence-electron chi connectivity index (χ3n) is 6.21. The average Bonchev–Trinajstić information content (AvgIpc) is 2.78. The van der Waals surface area contributed by atoms with E-state index in [1.807, 2.05) is 18.2 Å². The SMILES string of the molecule is O=C(C=Cc1ccc(S(=O)(=O)N2CCOCC2)cc1)NCC1(c2ccccc2)CCC1. The number of hydrogen-bond acceptors (Lipinski definition) is 4. The maximum absolute atomic E-state index is 12.7. The summed E-state index contributed by atoms with van der Waals surface area (Å²) in [5.41, 5.74) is 2.10. The number of rotatable bonds is 7. The molecule has 2 aromatic rings. The molecule has 2 aromatic carbocycles. The van der Waals surface area contributed by atoms with Gasteiger partial charge in [-0.2, -0.15) is 4.31 Å². The molecule has 31 heavy (non-hydrogen) atoms. The van der Waals surface area contributed by atoms with E-state index in [-0.39, 0.29) is 16.2 Å². The van der Waals surface area contributed by atoms with Crippen molar-refractivity contribution in [3.8, 4) is 0 Å². The summed E-state index contributed by atoms with van der Waals surface area (Å²) in [4.78, 5) is 12.6. The van der Waals surface area contributed by atoms with E-state index in [1.54, 1.807) is 30.3 Å². The first kappa shape index (κ1) is 21.7. The van der Waals surface area contributed by atoms with E-state index in [1.165, 1.54) is 22.4 Å². The highest BCUT2D eigenvalue weighted by atomic mass is 32.2. The van der Waals surface area contributed by atoms with Crippen molar-refractivity contribution in [2.75, 3.05) is 32.8 Å². The smallest absolute Gasteiger partial charge is 0.244 e. The molecule has 1 heterocycles. The van der Waals surface area contributed by atoms with Crippen LogP contribution in [-0.4, -0.2) is 51.5 Å². The molecule has 2 aliphatic rings. The zero-order chi connectivity index (χ0) is 21.7. The average molecular weight is 441 g/mol. The molecule has 7 heteroatoms. The monoisotopic (exact) mass is 440 g/mol. The van der Waals surface area contributed by atoms with Gasteiger partial charge in [0.15, 0.2) is 0 Å². The number of nitrogens with one attached hydrogen (secondary N) is 1. The number of nitrogens with zero attached hydrogens (tertiary/aromatic N) is 1. The summed E-state index contributed by atoms with van der Waals surface area (Å²) in [6.07, 6.45) is 6.56. The fourth-order valence-electron chi connectivity index (χ4n) is 4.14. The van der Waals surface area contributed by atoms with Crippen molar-refractivity contribution in [1.29, 1.82) is 0 Å².